The smallest absolute Gasteiger partial charge is 0.0345 e. The number of hydrogen-bond acceptors (Lipinski definition) is 1. The monoisotopic (exact) mass is 225 g/mol. The predicted molar refractivity (Wildman–Crippen MR) is 71.2 cm³/mol. The number of benzene rings is 1. The molecule has 17 heavy (non-hydrogen) atoms. The van der Waals surface area contributed by atoms with E-state index in [-0.39, 0.29) is 0 Å². The topological polar surface area (TPSA) is 12.0 Å². The van der Waals surface area contributed by atoms with Gasteiger partial charge in [-0.3, -0.25) is 0 Å². The molecule has 0 bridgehead atoms. The maximum Gasteiger partial charge on any atom is 0.0345 e. The molecule has 0 amide bonds. The molecule has 1 heteroatoms. The van der Waals surface area contributed by atoms with E-state index in [2.05, 4.69) is 35.7 Å². The number of nitrogens with one attached hydrogen (secondary N) is 1. The Bertz CT molecular complexity index is 474. The van der Waals surface area contributed by atoms with Crippen LogP contribution in [0.5, 0.6) is 0 Å². The molecule has 0 aliphatic heterocycles. The summed E-state index contributed by atoms with van der Waals surface area (Å²) in [7, 11) is 0. The molecule has 88 valence electrons. The average Bonchev–Trinajstić information content (AvgIpc) is 2.91. The van der Waals surface area contributed by atoms with Gasteiger partial charge in [-0.05, 0) is 61.3 Å². The fourth-order valence-electron chi connectivity index (χ4n) is 3.76. The Morgan fingerprint density at radius 1 is 1.12 bits per heavy atom. The van der Waals surface area contributed by atoms with Crippen molar-refractivity contribution >= 4 is 5.69 Å². The average molecular weight is 225 g/mol. The van der Waals surface area contributed by atoms with Gasteiger partial charge in [0.05, 0.1) is 0 Å². The molecule has 3 aliphatic carbocycles. The molecular formula is C16H19N. The van der Waals surface area contributed by atoms with Gasteiger partial charge in [-0.25, -0.2) is 0 Å². The van der Waals surface area contributed by atoms with Crippen LogP contribution in [0.1, 0.15) is 30.4 Å². The Balaban J connectivity index is 1.51. The van der Waals surface area contributed by atoms with E-state index in [1.54, 1.807) is 11.1 Å². The molecule has 1 saturated carbocycles. The van der Waals surface area contributed by atoms with Crippen molar-refractivity contribution < 1.29 is 0 Å². The highest BCUT2D eigenvalue weighted by molar-refractivity contribution is 5.51. The minimum absolute atomic E-state index is 0.693. The highest BCUT2D eigenvalue weighted by Crippen LogP contribution is 2.44. The molecule has 0 radical (unpaired) electrons. The molecule has 4 rings (SSSR count). The summed E-state index contributed by atoms with van der Waals surface area (Å²) in [6.07, 6.45) is 11.4. The summed E-state index contributed by atoms with van der Waals surface area (Å²) >= 11 is 0. The second-order valence-electron chi connectivity index (χ2n) is 5.82. The van der Waals surface area contributed by atoms with E-state index in [0.29, 0.717) is 6.04 Å². The normalized spacial score (nSPS) is 33.1. The van der Waals surface area contributed by atoms with Gasteiger partial charge >= 0.3 is 0 Å². The molecule has 0 spiro atoms. The molecule has 1 nitrogen and oxygen atoms in total. The Morgan fingerprint density at radius 2 is 2.06 bits per heavy atom. The standard InChI is InChI=1S/C16H19N/c1-3-11-7-8-14(9-12(11)4-1)17-16-10-13-5-2-6-15(13)16/h2,6-9,13,15-17H,1,3-5,10H2. The van der Waals surface area contributed by atoms with Crippen LogP contribution in [-0.2, 0) is 12.8 Å². The third kappa shape index (κ3) is 1.52. The SMILES string of the molecule is C1=CC2C(C1)CC2Nc1ccc2c(c1)CCC2. The summed E-state index contributed by atoms with van der Waals surface area (Å²) in [6.45, 7) is 0. The lowest BCUT2D eigenvalue weighted by molar-refractivity contribution is 0.218. The Morgan fingerprint density at radius 3 is 3.00 bits per heavy atom. The van der Waals surface area contributed by atoms with Crippen LogP contribution in [0.4, 0.5) is 5.69 Å². The van der Waals surface area contributed by atoms with Gasteiger partial charge in [-0.1, -0.05) is 18.2 Å². The molecular weight excluding hydrogens is 206 g/mol. The first-order valence-electron chi connectivity index (χ1n) is 6.95. The summed E-state index contributed by atoms with van der Waals surface area (Å²) < 4.78 is 0. The Hall–Kier alpha value is -1.24. The highest BCUT2D eigenvalue weighted by atomic mass is 15.0. The van der Waals surface area contributed by atoms with Crippen molar-refractivity contribution in [3.8, 4) is 0 Å². The molecule has 1 fully saturated rings. The molecule has 0 aromatic heterocycles. The van der Waals surface area contributed by atoms with E-state index in [4.69, 9.17) is 0 Å². The van der Waals surface area contributed by atoms with Gasteiger partial charge < -0.3 is 5.32 Å². The van der Waals surface area contributed by atoms with Gasteiger partial charge in [0.25, 0.3) is 0 Å². The number of rotatable bonds is 2. The van der Waals surface area contributed by atoms with Crippen molar-refractivity contribution in [3.05, 3.63) is 41.5 Å². The lowest BCUT2D eigenvalue weighted by Gasteiger charge is -2.41. The van der Waals surface area contributed by atoms with E-state index >= 15 is 0 Å². The number of fused-ring (bicyclic) bond motifs is 2. The molecule has 3 atom stereocenters. The van der Waals surface area contributed by atoms with Crippen molar-refractivity contribution in [2.24, 2.45) is 11.8 Å². The van der Waals surface area contributed by atoms with Crippen LogP contribution in [0.25, 0.3) is 0 Å². The summed E-state index contributed by atoms with van der Waals surface area (Å²) in [5.41, 5.74) is 4.49. The van der Waals surface area contributed by atoms with Crippen molar-refractivity contribution in [3.63, 3.8) is 0 Å². The zero-order chi connectivity index (χ0) is 11.2. The number of allylic oxidation sites excluding steroid dienone is 1. The van der Waals surface area contributed by atoms with E-state index < -0.39 is 0 Å². The van der Waals surface area contributed by atoms with E-state index in [1.807, 2.05) is 0 Å². The number of aryl methyl sites for hydroxylation is 2. The summed E-state index contributed by atoms with van der Waals surface area (Å²) in [6, 6.07) is 7.67. The fourth-order valence-corrected chi connectivity index (χ4v) is 3.76. The summed E-state index contributed by atoms with van der Waals surface area (Å²) in [5.74, 6) is 1.75. The molecule has 1 aromatic carbocycles. The molecule has 0 heterocycles. The molecule has 1 N–H and O–H groups in total. The number of hydrogen-bond donors (Lipinski definition) is 1. The Kier molecular flexibility index (Phi) is 2.08. The maximum absolute atomic E-state index is 3.73. The lowest BCUT2D eigenvalue weighted by Crippen LogP contribution is -2.43. The predicted octanol–water partition coefficient (Wildman–Crippen LogP) is 3.55. The van der Waals surface area contributed by atoms with Crippen molar-refractivity contribution in [1.29, 1.82) is 0 Å². The van der Waals surface area contributed by atoms with Crippen LogP contribution >= 0.6 is 0 Å². The van der Waals surface area contributed by atoms with Crippen molar-refractivity contribution in [2.45, 2.75) is 38.1 Å². The zero-order valence-corrected chi connectivity index (χ0v) is 10.2. The fraction of sp³-hybridized carbons (Fsp3) is 0.500. The van der Waals surface area contributed by atoms with Gasteiger partial charge in [0.15, 0.2) is 0 Å². The molecule has 1 aromatic rings. The first-order valence-corrected chi connectivity index (χ1v) is 6.95. The highest BCUT2D eigenvalue weighted by Gasteiger charge is 2.40. The van der Waals surface area contributed by atoms with Crippen LogP contribution in [0, 0.1) is 11.8 Å². The van der Waals surface area contributed by atoms with E-state index in [1.165, 1.54) is 37.8 Å². The molecule has 3 aliphatic rings. The third-order valence-electron chi connectivity index (χ3n) is 4.81. The number of anilines is 1. The third-order valence-corrected chi connectivity index (χ3v) is 4.81. The van der Waals surface area contributed by atoms with Crippen molar-refractivity contribution in [2.75, 3.05) is 5.32 Å². The van der Waals surface area contributed by atoms with Crippen LogP contribution in [0.3, 0.4) is 0 Å². The van der Waals surface area contributed by atoms with Gasteiger partial charge in [0.1, 0.15) is 0 Å². The summed E-state index contributed by atoms with van der Waals surface area (Å²) in [4.78, 5) is 0. The van der Waals surface area contributed by atoms with E-state index in [9.17, 15) is 0 Å². The minimum atomic E-state index is 0.693. The molecule has 0 saturated heterocycles. The van der Waals surface area contributed by atoms with Crippen LogP contribution in [0.2, 0.25) is 0 Å². The summed E-state index contributed by atoms with van der Waals surface area (Å²) in [5, 5.41) is 3.73. The van der Waals surface area contributed by atoms with Gasteiger partial charge in [-0.15, -0.1) is 0 Å². The van der Waals surface area contributed by atoms with Gasteiger partial charge in [0.2, 0.25) is 0 Å². The lowest BCUT2D eigenvalue weighted by atomic mass is 9.71. The van der Waals surface area contributed by atoms with Crippen LogP contribution in [0.15, 0.2) is 30.4 Å². The first kappa shape index (κ1) is 9.76. The maximum atomic E-state index is 3.73. The van der Waals surface area contributed by atoms with Crippen molar-refractivity contribution in [1.82, 2.24) is 0 Å². The van der Waals surface area contributed by atoms with E-state index in [0.717, 1.165) is 11.8 Å². The van der Waals surface area contributed by atoms with Gasteiger partial charge in [-0.2, -0.15) is 0 Å². The largest absolute Gasteiger partial charge is 0.382 e. The molecule has 3 unspecified atom stereocenters. The Labute approximate surface area is 103 Å². The van der Waals surface area contributed by atoms with Crippen LogP contribution < -0.4 is 5.32 Å². The first-order chi connectivity index (χ1) is 8.40. The van der Waals surface area contributed by atoms with Crippen LogP contribution in [-0.4, -0.2) is 6.04 Å². The quantitative estimate of drug-likeness (QED) is 0.759. The second-order valence-corrected chi connectivity index (χ2v) is 5.82. The minimum Gasteiger partial charge on any atom is -0.382 e. The second kappa shape index (κ2) is 3.63. The zero-order valence-electron chi connectivity index (χ0n) is 10.2. The van der Waals surface area contributed by atoms with Gasteiger partial charge in [0, 0.05) is 17.6 Å².